The highest BCUT2D eigenvalue weighted by Crippen LogP contribution is 2.16. The number of Topliss-reactive ketones (excluding diaryl/α,β-unsaturated/α-hetero) is 2. The van der Waals surface area contributed by atoms with Crippen LogP contribution in [-0.4, -0.2) is 24.1 Å². The zero-order valence-electron chi connectivity index (χ0n) is 11.8. The van der Waals surface area contributed by atoms with Crippen molar-refractivity contribution in [3.63, 3.8) is 0 Å². The SMILES string of the molecule is CCCC(=O)C(CC(=O)C(C)CC)C(=O)OCC. The van der Waals surface area contributed by atoms with Crippen LogP contribution in [0.25, 0.3) is 0 Å². The lowest BCUT2D eigenvalue weighted by Crippen LogP contribution is -2.30. The van der Waals surface area contributed by atoms with Crippen molar-refractivity contribution < 1.29 is 19.1 Å². The molecule has 0 aliphatic rings. The first kappa shape index (κ1) is 16.8. The van der Waals surface area contributed by atoms with Crippen molar-refractivity contribution in [2.75, 3.05) is 6.61 Å². The fourth-order valence-electron chi connectivity index (χ4n) is 1.62. The normalized spacial score (nSPS) is 13.8. The maximum absolute atomic E-state index is 11.9. The van der Waals surface area contributed by atoms with Crippen LogP contribution in [0.1, 0.15) is 53.4 Å². The third-order valence-corrected chi connectivity index (χ3v) is 3.02. The summed E-state index contributed by atoms with van der Waals surface area (Å²) in [6.45, 7) is 7.52. The molecule has 0 aromatic rings. The van der Waals surface area contributed by atoms with E-state index in [9.17, 15) is 14.4 Å². The third kappa shape index (κ3) is 5.43. The first-order valence-corrected chi connectivity index (χ1v) is 6.69. The van der Waals surface area contributed by atoms with Crippen LogP contribution in [0.3, 0.4) is 0 Å². The summed E-state index contributed by atoms with van der Waals surface area (Å²) in [4.78, 5) is 35.4. The fraction of sp³-hybridized carbons (Fsp3) is 0.786. The van der Waals surface area contributed by atoms with Gasteiger partial charge in [0.15, 0.2) is 0 Å². The van der Waals surface area contributed by atoms with E-state index >= 15 is 0 Å². The second-order valence-corrected chi connectivity index (χ2v) is 4.50. The van der Waals surface area contributed by atoms with Crippen LogP contribution in [0.5, 0.6) is 0 Å². The summed E-state index contributed by atoms with van der Waals surface area (Å²) >= 11 is 0. The molecule has 4 heteroatoms. The van der Waals surface area contributed by atoms with Gasteiger partial charge in [0.05, 0.1) is 6.61 Å². The first-order chi connectivity index (χ1) is 8.47. The van der Waals surface area contributed by atoms with Gasteiger partial charge in [-0.25, -0.2) is 0 Å². The largest absolute Gasteiger partial charge is 0.465 e. The van der Waals surface area contributed by atoms with Gasteiger partial charge in [0.2, 0.25) is 0 Å². The quantitative estimate of drug-likeness (QED) is 0.470. The topological polar surface area (TPSA) is 60.4 Å². The smallest absolute Gasteiger partial charge is 0.316 e. The van der Waals surface area contributed by atoms with Gasteiger partial charge >= 0.3 is 5.97 Å². The third-order valence-electron chi connectivity index (χ3n) is 3.02. The zero-order chi connectivity index (χ0) is 14.1. The van der Waals surface area contributed by atoms with E-state index in [0.29, 0.717) is 12.8 Å². The van der Waals surface area contributed by atoms with Gasteiger partial charge in [0, 0.05) is 18.8 Å². The Morgan fingerprint density at radius 3 is 2.11 bits per heavy atom. The van der Waals surface area contributed by atoms with Crippen molar-refractivity contribution in [1.82, 2.24) is 0 Å². The molecule has 4 nitrogen and oxygen atoms in total. The van der Waals surface area contributed by atoms with Gasteiger partial charge in [-0.2, -0.15) is 0 Å². The second kappa shape index (κ2) is 8.84. The van der Waals surface area contributed by atoms with E-state index < -0.39 is 11.9 Å². The van der Waals surface area contributed by atoms with Crippen LogP contribution in [-0.2, 0) is 19.1 Å². The van der Waals surface area contributed by atoms with Crippen LogP contribution in [0, 0.1) is 11.8 Å². The van der Waals surface area contributed by atoms with Gasteiger partial charge in [-0.15, -0.1) is 0 Å². The van der Waals surface area contributed by atoms with E-state index in [-0.39, 0.29) is 30.5 Å². The molecule has 104 valence electrons. The van der Waals surface area contributed by atoms with E-state index in [2.05, 4.69) is 0 Å². The van der Waals surface area contributed by atoms with Crippen molar-refractivity contribution in [2.24, 2.45) is 11.8 Å². The average molecular weight is 256 g/mol. The van der Waals surface area contributed by atoms with E-state index in [1.807, 2.05) is 20.8 Å². The standard InChI is InChI=1S/C14H24O4/c1-5-8-12(15)11(14(17)18-7-3)9-13(16)10(4)6-2/h10-11H,5-9H2,1-4H3. The lowest BCUT2D eigenvalue weighted by molar-refractivity contribution is -0.153. The number of carbonyl (C=O) groups excluding carboxylic acids is 3. The van der Waals surface area contributed by atoms with Gasteiger partial charge in [-0.3, -0.25) is 14.4 Å². The Hall–Kier alpha value is -1.19. The predicted octanol–water partition coefficient (Wildman–Crippen LogP) is 2.54. The molecule has 0 saturated heterocycles. The molecular formula is C14H24O4. The van der Waals surface area contributed by atoms with Crippen LogP contribution in [0.4, 0.5) is 0 Å². The Balaban J connectivity index is 4.71. The summed E-state index contributed by atoms with van der Waals surface area (Å²) in [5.74, 6) is -1.82. The molecule has 0 aliphatic carbocycles. The molecule has 18 heavy (non-hydrogen) atoms. The fourth-order valence-corrected chi connectivity index (χ4v) is 1.62. The van der Waals surface area contributed by atoms with Crippen LogP contribution >= 0.6 is 0 Å². The molecule has 0 aliphatic heterocycles. The van der Waals surface area contributed by atoms with E-state index in [4.69, 9.17) is 4.74 Å². The van der Waals surface area contributed by atoms with Crippen molar-refractivity contribution in [3.05, 3.63) is 0 Å². The number of ether oxygens (including phenoxy) is 1. The summed E-state index contributed by atoms with van der Waals surface area (Å²) in [7, 11) is 0. The minimum absolute atomic E-state index is 0.0212. The lowest BCUT2D eigenvalue weighted by Gasteiger charge is -2.15. The predicted molar refractivity (Wildman–Crippen MR) is 69.1 cm³/mol. The van der Waals surface area contributed by atoms with Gasteiger partial charge in [0.1, 0.15) is 17.5 Å². The Morgan fingerprint density at radius 2 is 1.67 bits per heavy atom. The van der Waals surface area contributed by atoms with E-state index in [1.54, 1.807) is 6.92 Å². The van der Waals surface area contributed by atoms with E-state index in [1.165, 1.54) is 0 Å². The number of carbonyl (C=O) groups is 3. The van der Waals surface area contributed by atoms with Gasteiger partial charge in [0.25, 0.3) is 0 Å². The molecule has 0 amide bonds. The molecule has 0 heterocycles. The molecule has 2 unspecified atom stereocenters. The molecule has 0 fully saturated rings. The summed E-state index contributed by atoms with van der Waals surface area (Å²) < 4.78 is 4.87. The van der Waals surface area contributed by atoms with Gasteiger partial charge < -0.3 is 4.74 Å². The van der Waals surface area contributed by atoms with Crippen molar-refractivity contribution >= 4 is 17.5 Å². The molecule has 2 atom stereocenters. The minimum atomic E-state index is -0.911. The highest BCUT2D eigenvalue weighted by Gasteiger charge is 2.30. The number of esters is 1. The Kier molecular flexibility index (Phi) is 8.25. The number of hydrogen-bond donors (Lipinski definition) is 0. The molecule has 0 aromatic carbocycles. The molecule has 0 bridgehead atoms. The van der Waals surface area contributed by atoms with E-state index in [0.717, 1.165) is 6.42 Å². The van der Waals surface area contributed by atoms with Crippen molar-refractivity contribution in [2.45, 2.75) is 53.4 Å². The Morgan fingerprint density at radius 1 is 1.06 bits per heavy atom. The van der Waals surface area contributed by atoms with Crippen LogP contribution < -0.4 is 0 Å². The van der Waals surface area contributed by atoms with Crippen LogP contribution in [0.15, 0.2) is 0 Å². The first-order valence-electron chi connectivity index (χ1n) is 6.69. The molecule has 0 N–H and O–H groups in total. The summed E-state index contributed by atoms with van der Waals surface area (Å²) in [6, 6.07) is 0. The number of hydrogen-bond acceptors (Lipinski definition) is 4. The van der Waals surface area contributed by atoms with Crippen LogP contribution in [0.2, 0.25) is 0 Å². The molecule has 0 saturated carbocycles. The number of ketones is 2. The van der Waals surface area contributed by atoms with Crippen molar-refractivity contribution in [3.8, 4) is 0 Å². The maximum Gasteiger partial charge on any atom is 0.316 e. The molecular weight excluding hydrogens is 232 g/mol. The average Bonchev–Trinajstić information content (AvgIpc) is 2.34. The Bertz CT molecular complexity index is 278. The highest BCUT2D eigenvalue weighted by molar-refractivity contribution is 6.02. The summed E-state index contributed by atoms with van der Waals surface area (Å²) in [5, 5.41) is 0. The molecule has 0 rings (SSSR count). The highest BCUT2D eigenvalue weighted by atomic mass is 16.5. The molecule has 0 radical (unpaired) electrons. The lowest BCUT2D eigenvalue weighted by atomic mass is 9.90. The monoisotopic (exact) mass is 256 g/mol. The summed E-state index contributed by atoms with van der Waals surface area (Å²) in [5.41, 5.74) is 0. The van der Waals surface area contributed by atoms with Gasteiger partial charge in [-0.05, 0) is 19.8 Å². The van der Waals surface area contributed by atoms with Crippen molar-refractivity contribution in [1.29, 1.82) is 0 Å². The van der Waals surface area contributed by atoms with Gasteiger partial charge in [-0.1, -0.05) is 20.8 Å². The second-order valence-electron chi connectivity index (χ2n) is 4.50. The molecule has 0 spiro atoms. The summed E-state index contributed by atoms with van der Waals surface area (Å²) in [6.07, 6.45) is 1.69. The Labute approximate surface area is 109 Å². The minimum Gasteiger partial charge on any atom is -0.465 e. The molecule has 0 aromatic heterocycles. The zero-order valence-corrected chi connectivity index (χ0v) is 11.8. The number of rotatable bonds is 9. The maximum atomic E-state index is 11.9.